The molecule has 0 amide bonds. The molecule has 0 fully saturated rings. The van der Waals surface area contributed by atoms with Gasteiger partial charge in [-0.3, -0.25) is 0 Å². The van der Waals surface area contributed by atoms with Crippen molar-refractivity contribution in [2.24, 2.45) is 4.99 Å². The number of aliphatic imine (C=N–C) groups is 1. The molecule has 0 aliphatic rings. The van der Waals surface area contributed by atoms with Crippen LogP contribution in [0.25, 0.3) is 22.5 Å². The molecule has 0 saturated heterocycles. The van der Waals surface area contributed by atoms with Crippen LogP contribution in [-0.4, -0.2) is 17.9 Å². The fourth-order valence-corrected chi connectivity index (χ4v) is 3.81. The lowest BCUT2D eigenvalue weighted by atomic mass is 9.98. The van der Waals surface area contributed by atoms with Crippen molar-refractivity contribution in [1.29, 1.82) is 5.26 Å². The molecule has 0 bridgehead atoms. The molecular formula is C26H19BrN2O3. The molecule has 0 atom stereocenters. The standard InChI is InChI=1S/C26H19BrN2O3/c1-2-31-22-14-17(13-21(27)24(22)30)16-29-26-20(15-28)23(18-9-5-3-6-10-18)25(32-26)19-11-7-4-8-12-19/h3-14,16,30H,2H2,1H3. The predicted molar refractivity (Wildman–Crippen MR) is 129 cm³/mol. The van der Waals surface area contributed by atoms with Gasteiger partial charge in [0.25, 0.3) is 0 Å². The topological polar surface area (TPSA) is 78.8 Å². The van der Waals surface area contributed by atoms with Gasteiger partial charge in [0.2, 0.25) is 5.88 Å². The van der Waals surface area contributed by atoms with Gasteiger partial charge in [0.05, 0.1) is 11.1 Å². The van der Waals surface area contributed by atoms with Crippen molar-refractivity contribution in [3.63, 3.8) is 0 Å². The Kier molecular flexibility index (Phi) is 6.39. The lowest BCUT2D eigenvalue weighted by molar-refractivity contribution is 0.317. The molecule has 32 heavy (non-hydrogen) atoms. The van der Waals surface area contributed by atoms with E-state index in [9.17, 15) is 10.4 Å². The first-order valence-electron chi connectivity index (χ1n) is 9.99. The van der Waals surface area contributed by atoms with Gasteiger partial charge in [0.1, 0.15) is 17.4 Å². The number of hydrogen-bond acceptors (Lipinski definition) is 5. The number of phenolic OH excluding ortho intramolecular Hbond substituents is 1. The van der Waals surface area contributed by atoms with Crippen LogP contribution in [0.2, 0.25) is 0 Å². The van der Waals surface area contributed by atoms with Gasteiger partial charge in [-0.15, -0.1) is 0 Å². The number of rotatable bonds is 6. The van der Waals surface area contributed by atoms with Gasteiger partial charge in [-0.2, -0.15) is 5.26 Å². The summed E-state index contributed by atoms with van der Waals surface area (Å²) in [5.74, 6) is 1.17. The third kappa shape index (κ3) is 4.29. The minimum Gasteiger partial charge on any atom is -0.503 e. The molecule has 0 aliphatic carbocycles. The van der Waals surface area contributed by atoms with Crippen molar-refractivity contribution < 1.29 is 14.3 Å². The molecule has 5 nitrogen and oxygen atoms in total. The van der Waals surface area contributed by atoms with Crippen LogP contribution in [-0.2, 0) is 0 Å². The first-order valence-corrected chi connectivity index (χ1v) is 10.8. The Morgan fingerprint density at radius 2 is 1.72 bits per heavy atom. The summed E-state index contributed by atoms with van der Waals surface area (Å²) in [5, 5.41) is 20.1. The normalized spacial score (nSPS) is 10.9. The quantitative estimate of drug-likeness (QED) is 0.294. The third-order valence-corrected chi connectivity index (χ3v) is 5.39. The van der Waals surface area contributed by atoms with E-state index in [1.54, 1.807) is 18.3 Å². The maximum atomic E-state index is 10.1. The second-order valence-corrected chi connectivity index (χ2v) is 7.73. The second kappa shape index (κ2) is 9.54. The zero-order valence-electron chi connectivity index (χ0n) is 17.2. The largest absolute Gasteiger partial charge is 0.503 e. The molecule has 4 aromatic rings. The second-order valence-electron chi connectivity index (χ2n) is 6.87. The fraction of sp³-hybridized carbons (Fsp3) is 0.0769. The van der Waals surface area contributed by atoms with Crippen LogP contribution < -0.4 is 4.74 Å². The van der Waals surface area contributed by atoms with Crippen molar-refractivity contribution in [3.05, 3.63) is 88.4 Å². The van der Waals surface area contributed by atoms with Crippen LogP contribution in [0.3, 0.4) is 0 Å². The lowest BCUT2D eigenvalue weighted by Crippen LogP contribution is -1.94. The molecular weight excluding hydrogens is 468 g/mol. The molecule has 0 saturated carbocycles. The van der Waals surface area contributed by atoms with Crippen molar-refractivity contribution in [3.8, 4) is 40.0 Å². The van der Waals surface area contributed by atoms with Gasteiger partial charge < -0.3 is 14.3 Å². The number of benzene rings is 3. The van der Waals surface area contributed by atoms with E-state index in [0.29, 0.717) is 39.3 Å². The number of nitrogens with zero attached hydrogens (tertiary/aromatic N) is 2. The lowest BCUT2D eigenvalue weighted by Gasteiger charge is -2.08. The Balaban J connectivity index is 1.84. The fourth-order valence-electron chi connectivity index (χ4n) is 3.35. The Labute approximate surface area is 194 Å². The predicted octanol–water partition coefficient (Wildman–Crippen LogP) is 7.10. The molecule has 0 aliphatic heterocycles. The monoisotopic (exact) mass is 486 g/mol. The number of furan rings is 1. The minimum atomic E-state index is 0.0254. The number of halogens is 1. The van der Waals surface area contributed by atoms with Crippen LogP contribution in [0.15, 0.2) is 86.7 Å². The summed E-state index contributed by atoms with van der Waals surface area (Å²) in [5.41, 5.74) is 3.47. The molecule has 4 rings (SSSR count). The summed E-state index contributed by atoms with van der Waals surface area (Å²) < 4.78 is 12.1. The average Bonchev–Trinajstić information content (AvgIpc) is 3.20. The molecule has 0 spiro atoms. The Hall–Kier alpha value is -3.82. The van der Waals surface area contributed by atoms with Crippen molar-refractivity contribution in [2.75, 3.05) is 6.61 Å². The number of ether oxygens (including phenoxy) is 1. The summed E-state index contributed by atoms with van der Waals surface area (Å²) >= 11 is 3.33. The van der Waals surface area contributed by atoms with Crippen LogP contribution in [0.5, 0.6) is 11.5 Å². The maximum Gasteiger partial charge on any atom is 0.238 e. The first kappa shape index (κ1) is 21.4. The van der Waals surface area contributed by atoms with E-state index in [2.05, 4.69) is 27.0 Å². The van der Waals surface area contributed by atoms with E-state index < -0.39 is 0 Å². The number of phenols is 1. The summed E-state index contributed by atoms with van der Waals surface area (Å²) in [6, 6.07) is 24.9. The molecule has 1 N–H and O–H groups in total. The molecule has 0 radical (unpaired) electrons. The highest BCUT2D eigenvalue weighted by Crippen LogP contribution is 2.42. The van der Waals surface area contributed by atoms with E-state index >= 15 is 0 Å². The van der Waals surface area contributed by atoms with Crippen LogP contribution >= 0.6 is 15.9 Å². The van der Waals surface area contributed by atoms with Crippen molar-refractivity contribution >= 4 is 28.0 Å². The van der Waals surface area contributed by atoms with Crippen LogP contribution in [0.1, 0.15) is 18.1 Å². The molecule has 158 valence electrons. The molecule has 1 aromatic heterocycles. The molecule has 3 aromatic carbocycles. The van der Waals surface area contributed by atoms with Gasteiger partial charge in [0, 0.05) is 17.3 Å². The molecule has 1 heterocycles. The summed E-state index contributed by atoms with van der Waals surface area (Å²) in [6.45, 7) is 2.25. The highest BCUT2D eigenvalue weighted by atomic mass is 79.9. The zero-order valence-corrected chi connectivity index (χ0v) is 18.8. The summed E-state index contributed by atoms with van der Waals surface area (Å²) in [7, 11) is 0. The number of hydrogen-bond donors (Lipinski definition) is 1. The summed E-state index contributed by atoms with van der Waals surface area (Å²) in [6.07, 6.45) is 1.58. The Morgan fingerprint density at radius 1 is 1.06 bits per heavy atom. The van der Waals surface area contributed by atoms with E-state index in [1.165, 1.54) is 0 Å². The first-order chi connectivity index (χ1) is 15.6. The number of aromatic hydroxyl groups is 1. The van der Waals surface area contributed by atoms with Crippen molar-refractivity contribution in [2.45, 2.75) is 6.92 Å². The van der Waals surface area contributed by atoms with E-state index in [0.717, 1.165) is 11.1 Å². The zero-order chi connectivity index (χ0) is 22.5. The van der Waals surface area contributed by atoms with Crippen LogP contribution in [0, 0.1) is 11.3 Å². The number of nitriles is 1. The van der Waals surface area contributed by atoms with Gasteiger partial charge >= 0.3 is 0 Å². The van der Waals surface area contributed by atoms with Gasteiger partial charge in [-0.1, -0.05) is 60.7 Å². The average molecular weight is 487 g/mol. The smallest absolute Gasteiger partial charge is 0.238 e. The summed E-state index contributed by atoms with van der Waals surface area (Å²) in [4.78, 5) is 4.48. The van der Waals surface area contributed by atoms with E-state index in [4.69, 9.17) is 9.15 Å². The Morgan fingerprint density at radius 3 is 2.34 bits per heavy atom. The molecule has 0 unspecified atom stereocenters. The molecule has 6 heteroatoms. The van der Waals surface area contributed by atoms with E-state index in [-0.39, 0.29) is 11.6 Å². The van der Waals surface area contributed by atoms with E-state index in [1.807, 2.05) is 67.6 Å². The van der Waals surface area contributed by atoms with Crippen molar-refractivity contribution in [1.82, 2.24) is 0 Å². The maximum absolute atomic E-state index is 10.1. The third-order valence-electron chi connectivity index (χ3n) is 4.78. The highest BCUT2D eigenvalue weighted by Gasteiger charge is 2.22. The Bertz CT molecular complexity index is 1310. The SMILES string of the molecule is CCOc1cc(C=Nc2oc(-c3ccccc3)c(-c3ccccc3)c2C#N)cc(Br)c1O. The van der Waals surface area contributed by atoms with Crippen LogP contribution in [0.4, 0.5) is 5.88 Å². The highest BCUT2D eigenvalue weighted by molar-refractivity contribution is 9.10. The van der Waals surface area contributed by atoms with Gasteiger partial charge in [-0.05, 0) is 46.1 Å². The van der Waals surface area contributed by atoms with Gasteiger partial charge in [-0.25, -0.2) is 4.99 Å². The van der Waals surface area contributed by atoms with Gasteiger partial charge in [0.15, 0.2) is 11.5 Å². The minimum absolute atomic E-state index is 0.0254.